The number of hydrogen-bond acceptors (Lipinski definition) is 1. The molecule has 0 saturated carbocycles. The van der Waals surface area contributed by atoms with E-state index in [4.69, 9.17) is 12.2 Å². The maximum Gasteiger partial charge on any atom is 0.185 e. The van der Waals surface area contributed by atoms with Crippen molar-refractivity contribution < 1.29 is 17.6 Å². The van der Waals surface area contributed by atoms with Crippen LogP contribution >= 0.6 is 12.2 Å². The molecule has 2 nitrogen and oxygen atoms in total. The average molecular weight is 280 g/mol. The average Bonchev–Trinajstić information content (AvgIpc) is 2.29. The Labute approximate surface area is 107 Å². The van der Waals surface area contributed by atoms with Crippen LogP contribution in [0, 0.1) is 29.2 Å². The van der Waals surface area contributed by atoms with Crippen molar-refractivity contribution in [1.82, 2.24) is 5.32 Å². The highest BCUT2D eigenvalue weighted by atomic mass is 32.1. The number of halogens is 4. The van der Waals surface area contributed by atoms with E-state index in [1.807, 2.05) is 13.8 Å². The predicted octanol–water partition coefficient (Wildman–Crippen LogP) is 3.19. The zero-order valence-electron chi connectivity index (χ0n) is 9.78. The fourth-order valence-electron chi connectivity index (χ4n) is 1.14. The van der Waals surface area contributed by atoms with Gasteiger partial charge in [-0.05, 0) is 18.1 Å². The third-order valence-corrected chi connectivity index (χ3v) is 2.27. The molecule has 0 radical (unpaired) electrons. The van der Waals surface area contributed by atoms with E-state index in [0.717, 1.165) is 0 Å². The molecule has 0 aromatic heterocycles. The van der Waals surface area contributed by atoms with E-state index in [0.29, 0.717) is 6.54 Å². The Hall–Kier alpha value is -1.37. The molecule has 18 heavy (non-hydrogen) atoms. The van der Waals surface area contributed by atoms with Crippen LogP contribution in [-0.2, 0) is 0 Å². The van der Waals surface area contributed by atoms with Gasteiger partial charge in [-0.1, -0.05) is 13.8 Å². The lowest BCUT2D eigenvalue weighted by atomic mass is 10.2. The van der Waals surface area contributed by atoms with Crippen LogP contribution < -0.4 is 10.6 Å². The monoisotopic (exact) mass is 280 g/mol. The van der Waals surface area contributed by atoms with Gasteiger partial charge in [-0.2, -0.15) is 0 Å². The third kappa shape index (κ3) is 3.56. The van der Waals surface area contributed by atoms with Gasteiger partial charge < -0.3 is 10.6 Å². The minimum atomic E-state index is -1.51. The topological polar surface area (TPSA) is 24.1 Å². The van der Waals surface area contributed by atoms with E-state index in [9.17, 15) is 17.6 Å². The molecule has 0 saturated heterocycles. The smallest absolute Gasteiger partial charge is 0.185 e. The molecule has 0 aliphatic rings. The number of rotatable bonds is 3. The van der Waals surface area contributed by atoms with Crippen molar-refractivity contribution in [2.75, 3.05) is 11.9 Å². The van der Waals surface area contributed by atoms with E-state index >= 15 is 0 Å². The molecule has 0 unspecified atom stereocenters. The number of nitrogens with one attached hydrogen (secondary N) is 2. The fraction of sp³-hybridized carbons (Fsp3) is 0.364. The summed E-state index contributed by atoms with van der Waals surface area (Å²) in [7, 11) is 0. The zero-order valence-corrected chi connectivity index (χ0v) is 10.6. The standard InChI is InChI=1S/C11H12F4N2S/c1-5(2)4-16-11(18)17-10-8(14)6(12)3-7(13)9(10)15/h3,5H,4H2,1-2H3,(H2,16,17,18). The first kappa shape index (κ1) is 14.7. The second-order valence-corrected chi connectivity index (χ2v) is 4.48. The Morgan fingerprint density at radius 2 is 1.67 bits per heavy atom. The molecule has 7 heteroatoms. The zero-order chi connectivity index (χ0) is 13.9. The van der Waals surface area contributed by atoms with Gasteiger partial charge in [0.1, 0.15) is 5.69 Å². The quantitative estimate of drug-likeness (QED) is 0.505. The lowest BCUT2D eigenvalue weighted by Crippen LogP contribution is -2.32. The van der Waals surface area contributed by atoms with Crippen LogP contribution in [0.1, 0.15) is 13.8 Å². The lowest BCUT2D eigenvalue weighted by molar-refractivity contribution is 0.459. The maximum absolute atomic E-state index is 13.3. The van der Waals surface area contributed by atoms with Crippen molar-refractivity contribution >= 4 is 23.0 Å². The molecule has 0 aliphatic heterocycles. The summed E-state index contributed by atoms with van der Waals surface area (Å²) >= 11 is 4.76. The van der Waals surface area contributed by atoms with E-state index in [1.54, 1.807) is 0 Å². The number of anilines is 1. The summed E-state index contributed by atoms with van der Waals surface area (Å²) in [5.41, 5.74) is -0.936. The second kappa shape index (κ2) is 5.99. The molecule has 100 valence electrons. The van der Waals surface area contributed by atoms with Crippen LogP contribution in [0.5, 0.6) is 0 Å². The molecule has 0 amide bonds. The Bertz CT molecular complexity index is 437. The van der Waals surface area contributed by atoms with E-state index in [-0.39, 0.29) is 17.1 Å². The Balaban J connectivity index is 2.87. The SMILES string of the molecule is CC(C)CNC(=S)Nc1c(F)c(F)cc(F)c1F. The van der Waals surface area contributed by atoms with E-state index in [2.05, 4.69) is 10.6 Å². The Morgan fingerprint density at radius 3 is 2.11 bits per heavy atom. The first-order chi connectivity index (χ1) is 8.32. The van der Waals surface area contributed by atoms with Crippen LogP contribution in [0.25, 0.3) is 0 Å². The molecule has 0 atom stereocenters. The first-order valence-electron chi connectivity index (χ1n) is 5.20. The van der Waals surface area contributed by atoms with Crippen LogP contribution in [-0.4, -0.2) is 11.7 Å². The molecule has 0 spiro atoms. The van der Waals surface area contributed by atoms with Crippen molar-refractivity contribution in [3.63, 3.8) is 0 Å². The minimum Gasteiger partial charge on any atom is -0.362 e. The van der Waals surface area contributed by atoms with Crippen molar-refractivity contribution in [1.29, 1.82) is 0 Å². The van der Waals surface area contributed by atoms with Gasteiger partial charge in [0.25, 0.3) is 0 Å². The summed E-state index contributed by atoms with van der Waals surface area (Å²) in [6.07, 6.45) is 0. The van der Waals surface area contributed by atoms with Crippen molar-refractivity contribution in [3.8, 4) is 0 Å². The third-order valence-electron chi connectivity index (χ3n) is 2.02. The van der Waals surface area contributed by atoms with Gasteiger partial charge in [-0.3, -0.25) is 0 Å². The maximum atomic E-state index is 13.3. The number of hydrogen-bond donors (Lipinski definition) is 2. The molecule has 1 aromatic carbocycles. The second-order valence-electron chi connectivity index (χ2n) is 4.07. The predicted molar refractivity (Wildman–Crippen MR) is 65.3 cm³/mol. The molecule has 1 aromatic rings. The van der Waals surface area contributed by atoms with Gasteiger partial charge in [-0.25, -0.2) is 17.6 Å². The fourth-order valence-corrected chi connectivity index (χ4v) is 1.32. The summed E-state index contributed by atoms with van der Waals surface area (Å²) < 4.78 is 52.3. The van der Waals surface area contributed by atoms with Gasteiger partial charge in [-0.15, -0.1) is 0 Å². The molecule has 0 fully saturated rings. The summed E-state index contributed by atoms with van der Waals surface area (Å²) in [5, 5.41) is 4.67. The van der Waals surface area contributed by atoms with Crippen molar-refractivity contribution in [2.45, 2.75) is 13.8 Å². The van der Waals surface area contributed by atoms with Gasteiger partial charge in [0.2, 0.25) is 0 Å². The van der Waals surface area contributed by atoms with E-state index < -0.39 is 29.0 Å². The number of thiocarbonyl (C=S) groups is 1. The highest BCUT2D eigenvalue weighted by Gasteiger charge is 2.19. The van der Waals surface area contributed by atoms with Gasteiger partial charge in [0.15, 0.2) is 28.4 Å². The van der Waals surface area contributed by atoms with Gasteiger partial charge >= 0.3 is 0 Å². The molecular weight excluding hydrogens is 268 g/mol. The molecule has 1 rings (SSSR count). The van der Waals surface area contributed by atoms with E-state index in [1.165, 1.54) is 0 Å². The van der Waals surface area contributed by atoms with Crippen LogP contribution in [0.4, 0.5) is 23.2 Å². The molecule has 0 aliphatic carbocycles. The Morgan fingerprint density at radius 1 is 1.17 bits per heavy atom. The first-order valence-corrected chi connectivity index (χ1v) is 5.61. The van der Waals surface area contributed by atoms with Gasteiger partial charge in [0, 0.05) is 12.6 Å². The number of benzene rings is 1. The van der Waals surface area contributed by atoms with Crippen LogP contribution in [0.15, 0.2) is 6.07 Å². The summed E-state index contributed by atoms with van der Waals surface area (Å²) in [6.45, 7) is 4.27. The molecule has 2 N–H and O–H groups in total. The Kier molecular flexibility index (Phi) is 4.89. The molecular formula is C11H12F4N2S. The lowest BCUT2D eigenvalue weighted by Gasteiger charge is -2.13. The normalized spacial score (nSPS) is 10.6. The largest absolute Gasteiger partial charge is 0.362 e. The van der Waals surface area contributed by atoms with Gasteiger partial charge in [0.05, 0.1) is 0 Å². The van der Waals surface area contributed by atoms with Crippen molar-refractivity contribution in [3.05, 3.63) is 29.3 Å². The highest BCUT2D eigenvalue weighted by Crippen LogP contribution is 2.23. The van der Waals surface area contributed by atoms with Crippen LogP contribution in [0.3, 0.4) is 0 Å². The van der Waals surface area contributed by atoms with Crippen LogP contribution in [0.2, 0.25) is 0 Å². The molecule has 0 heterocycles. The summed E-state index contributed by atoms with van der Waals surface area (Å²) in [5.74, 6) is -5.74. The summed E-state index contributed by atoms with van der Waals surface area (Å²) in [6, 6.07) is 0.139. The highest BCUT2D eigenvalue weighted by molar-refractivity contribution is 7.80. The summed E-state index contributed by atoms with van der Waals surface area (Å²) in [4.78, 5) is 0. The minimum absolute atomic E-state index is 0.105. The molecule has 0 bridgehead atoms. The van der Waals surface area contributed by atoms with Crippen molar-refractivity contribution in [2.24, 2.45) is 5.92 Å².